The third-order valence-electron chi connectivity index (χ3n) is 3.39. The van der Waals surface area contributed by atoms with E-state index in [0.717, 1.165) is 24.3 Å². The van der Waals surface area contributed by atoms with Gasteiger partial charge in [0.15, 0.2) is 0 Å². The smallest absolute Gasteiger partial charge is 0.141 e. The molecular weight excluding hydrogens is 276 g/mol. The van der Waals surface area contributed by atoms with Gasteiger partial charge < -0.3 is 4.74 Å². The Morgan fingerprint density at radius 1 is 1.00 bits per heavy atom. The predicted molar refractivity (Wildman–Crippen MR) is 88.3 cm³/mol. The van der Waals surface area contributed by atoms with Crippen molar-refractivity contribution >= 4 is 6.21 Å². The van der Waals surface area contributed by atoms with Crippen molar-refractivity contribution in [2.24, 2.45) is 5.10 Å². The van der Waals surface area contributed by atoms with Gasteiger partial charge in [0.1, 0.15) is 18.4 Å². The highest BCUT2D eigenvalue weighted by Crippen LogP contribution is 2.12. The number of hydrogen-bond donors (Lipinski definition) is 0. The van der Waals surface area contributed by atoms with Crippen molar-refractivity contribution in [1.82, 2.24) is 14.9 Å². The number of aromatic nitrogens is 3. The lowest BCUT2D eigenvalue weighted by Crippen LogP contribution is -1.97. The highest BCUT2D eigenvalue weighted by atomic mass is 16.5. The van der Waals surface area contributed by atoms with E-state index < -0.39 is 0 Å². The van der Waals surface area contributed by atoms with E-state index in [-0.39, 0.29) is 0 Å². The first-order valence-corrected chi connectivity index (χ1v) is 8.00. The summed E-state index contributed by atoms with van der Waals surface area (Å²) in [5, 5.41) is 11.6. The second kappa shape index (κ2) is 9.71. The van der Waals surface area contributed by atoms with E-state index in [1.54, 1.807) is 23.5 Å². The number of benzene rings is 1. The van der Waals surface area contributed by atoms with Crippen molar-refractivity contribution in [2.75, 3.05) is 6.61 Å². The molecule has 0 amide bonds. The van der Waals surface area contributed by atoms with E-state index in [1.807, 2.05) is 24.3 Å². The minimum absolute atomic E-state index is 0.792. The Balaban J connectivity index is 1.66. The number of rotatable bonds is 10. The van der Waals surface area contributed by atoms with Crippen LogP contribution in [-0.2, 0) is 0 Å². The summed E-state index contributed by atoms with van der Waals surface area (Å²) in [6, 6.07) is 7.93. The van der Waals surface area contributed by atoms with E-state index in [1.165, 1.54) is 32.1 Å². The van der Waals surface area contributed by atoms with Crippen LogP contribution in [0.5, 0.6) is 5.75 Å². The molecule has 1 heterocycles. The van der Waals surface area contributed by atoms with E-state index in [9.17, 15) is 0 Å². The molecular formula is C17H24N4O. The number of unbranched alkanes of at least 4 members (excludes halogenated alkanes) is 5. The van der Waals surface area contributed by atoms with Crippen LogP contribution in [0.25, 0.3) is 0 Å². The number of nitrogens with zero attached hydrogens (tertiary/aromatic N) is 4. The zero-order valence-electron chi connectivity index (χ0n) is 13.2. The maximum absolute atomic E-state index is 5.75. The zero-order valence-corrected chi connectivity index (χ0v) is 13.2. The standard InChI is InChI=1S/C17H24N4O/c1-2-3-4-5-6-7-12-22-17-10-8-16(9-11-17)13-20-21-14-18-19-15-21/h8-11,13-15H,2-7,12H2,1H3/b20-13-. The summed E-state index contributed by atoms with van der Waals surface area (Å²) in [4.78, 5) is 0. The molecule has 2 rings (SSSR count). The normalized spacial score (nSPS) is 11.1. The summed E-state index contributed by atoms with van der Waals surface area (Å²) in [6.45, 7) is 3.03. The minimum atomic E-state index is 0.792. The molecule has 0 aliphatic rings. The Bertz CT molecular complexity index is 534. The lowest BCUT2D eigenvalue weighted by atomic mass is 10.1. The summed E-state index contributed by atoms with van der Waals surface area (Å²) >= 11 is 0. The molecule has 0 aliphatic carbocycles. The topological polar surface area (TPSA) is 52.3 Å². The molecule has 0 spiro atoms. The van der Waals surface area contributed by atoms with Crippen molar-refractivity contribution in [3.05, 3.63) is 42.5 Å². The Labute approximate surface area is 132 Å². The molecule has 0 atom stereocenters. The SMILES string of the molecule is CCCCCCCCOc1ccc(/C=N\n2cnnc2)cc1. The minimum Gasteiger partial charge on any atom is -0.494 e. The van der Waals surface area contributed by atoms with Gasteiger partial charge >= 0.3 is 0 Å². The van der Waals surface area contributed by atoms with E-state index in [4.69, 9.17) is 4.74 Å². The van der Waals surface area contributed by atoms with Gasteiger partial charge in [0.25, 0.3) is 0 Å². The van der Waals surface area contributed by atoms with Gasteiger partial charge in [-0.05, 0) is 36.2 Å². The maximum Gasteiger partial charge on any atom is 0.141 e. The van der Waals surface area contributed by atoms with E-state index in [0.29, 0.717) is 0 Å². The van der Waals surface area contributed by atoms with Gasteiger partial charge in [-0.3, -0.25) is 0 Å². The lowest BCUT2D eigenvalue weighted by molar-refractivity contribution is 0.304. The Morgan fingerprint density at radius 2 is 1.68 bits per heavy atom. The molecule has 22 heavy (non-hydrogen) atoms. The van der Waals surface area contributed by atoms with Crippen LogP contribution in [0.15, 0.2) is 42.0 Å². The highest BCUT2D eigenvalue weighted by molar-refractivity contribution is 5.79. The van der Waals surface area contributed by atoms with Gasteiger partial charge in [0.2, 0.25) is 0 Å². The summed E-state index contributed by atoms with van der Waals surface area (Å²) in [5.74, 6) is 0.912. The van der Waals surface area contributed by atoms with Crippen LogP contribution >= 0.6 is 0 Å². The van der Waals surface area contributed by atoms with Crippen molar-refractivity contribution < 1.29 is 4.74 Å². The second-order valence-corrected chi connectivity index (χ2v) is 5.27. The van der Waals surface area contributed by atoms with Gasteiger partial charge in [0.05, 0.1) is 12.8 Å². The molecule has 0 fully saturated rings. The summed E-state index contributed by atoms with van der Waals surface area (Å²) in [5.41, 5.74) is 1.01. The molecule has 0 N–H and O–H groups in total. The predicted octanol–water partition coefficient (Wildman–Crippen LogP) is 3.90. The fourth-order valence-electron chi connectivity index (χ4n) is 2.11. The Hall–Kier alpha value is -2.17. The molecule has 0 unspecified atom stereocenters. The van der Waals surface area contributed by atoms with Crippen LogP contribution in [-0.4, -0.2) is 27.7 Å². The Kier molecular flexibility index (Phi) is 7.15. The molecule has 1 aromatic carbocycles. The van der Waals surface area contributed by atoms with Crippen LogP contribution in [0.1, 0.15) is 51.0 Å². The van der Waals surface area contributed by atoms with E-state index >= 15 is 0 Å². The van der Waals surface area contributed by atoms with Crippen molar-refractivity contribution in [3.8, 4) is 5.75 Å². The first-order chi connectivity index (χ1) is 10.9. The molecule has 0 saturated carbocycles. The first-order valence-electron chi connectivity index (χ1n) is 8.00. The third-order valence-corrected chi connectivity index (χ3v) is 3.39. The largest absolute Gasteiger partial charge is 0.494 e. The van der Waals surface area contributed by atoms with Gasteiger partial charge in [-0.15, -0.1) is 10.2 Å². The molecule has 0 radical (unpaired) electrons. The molecule has 2 aromatic rings. The molecule has 118 valence electrons. The maximum atomic E-state index is 5.75. The van der Waals surface area contributed by atoms with Gasteiger partial charge in [0, 0.05) is 0 Å². The number of hydrogen-bond acceptors (Lipinski definition) is 4. The molecule has 0 saturated heterocycles. The van der Waals surface area contributed by atoms with E-state index in [2.05, 4.69) is 22.2 Å². The van der Waals surface area contributed by atoms with Gasteiger partial charge in [-0.1, -0.05) is 39.0 Å². The number of ether oxygens (including phenoxy) is 1. The van der Waals surface area contributed by atoms with Crippen LogP contribution in [0.2, 0.25) is 0 Å². The summed E-state index contributed by atoms with van der Waals surface area (Å²) < 4.78 is 7.31. The second-order valence-electron chi connectivity index (χ2n) is 5.27. The molecule has 5 heteroatoms. The van der Waals surface area contributed by atoms with Crippen molar-refractivity contribution in [1.29, 1.82) is 0 Å². The molecule has 0 bridgehead atoms. The van der Waals surface area contributed by atoms with Crippen LogP contribution in [0, 0.1) is 0 Å². The van der Waals surface area contributed by atoms with Gasteiger partial charge in [-0.2, -0.15) is 5.10 Å². The van der Waals surface area contributed by atoms with Crippen molar-refractivity contribution in [2.45, 2.75) is 45.4 Å². The lowest BCUT2D eigenvalue weighted by Gasteiger charge is -2.06. The Morgan fingerprint density at radius 3 is 2.41 bits per heavy atom. The van der Waals surface area contributed by atoms with Gasteiger partial charge in [-0.25, -0.2) is 4.68 Å². The van der Waals surface area contributed by atoms with Crippen LogP contribution < -0.4 is 4.74 Å². The summed E-state index contributed by atoms with van der Waals surface area (Å²) in [6.07, 6.45) is 12.5. The first kappa shape index (κ1) is 16.2. The zero-order chi connectivity index (χ0) is 15.5. The molecule has 5 nitrogen and oxygen atoms in total. The van der Waals surface area contributed by atoms with Crippen LogP contribution in [0.3, 0.4) is 0 Å². The monoisotopic (exact) mass is 300 g/mol. The average Bonchev–Trinajstić information content (AvgIpc) is 3.07. The fourth-order valence-corrected chi connectivity index (χ4v) is 2.11. The molecule has 0 aliphatic heterocycles. The van der Waals surface area contributed by atoms with Crippen molar-refractivity contribution in [3.63, 3.8) is 0 Å². The highest BCUT2D eigenvalue weighted by Gasteiger charge is 1.95. The quantitative estimate of drug-likeness (QED) is 0.494. The third kappa shape index (κ3) is 6.08. The fraction of sp³-hybridized carbons (Fsp3) is 0.471. The van der Waals surface area contributed by atoms with Crippen LogP contribution in [0.4, 0.5) is 0 Å². The molecule has 1 aromatic heterocycles. The summed E-state index contributed by atoms with van der Waals surface area (Å²) in [7, 11) is 0. The average molecular weight is 300 g/mol.